The van der Waals surface area contributed by atoms with E-state index in [4.69, 9.17) is 19.2 Å². The van der Waals surface area contributed by atoms with Crippen LogP contribution < -0.4 is 0 Å². The van der Waals surface area contributed by atoms with E-state index in [-0.39, 0.29) is 40.2 Å². The Kier molecular flexibility index (Phi) is 3.38. The molecule has 3 saturated carbocycles. The molecule has 1 spiro atoms. The van der Waals surface area contributed by atoms with E-state index in [0.717, 1.165) is 38.5 Å². The number of hydrogen-bond donors (Lipinski definition) is 0. The molecule has 6 fully saturated rings. The second kappa shape index (κ2) is 5.03. The first kappa shape index (κ1) is 17.4. The molecule has 0 aromatic heterocycles. The number of carbonyl (C=O) groups is 1. The number of carbonyl (C=O) groups excluding carboxylic acids is 1. The van der Waals surface area contributed by atoms with Gasteiger partial charge >= 0.3 is 5.97 Å². The quantitative estimate of drug-likeness (QED) is 0.425. The number of epoxide rings is 1. The van der Waals surface area contributed by atoms with E-state index >= 15 is 0 Å². The topological polar surface area (TPSA) is 57.3 Å². The van der Waals surface area contributed by atoms with Crippen molar-refractivity contribution in [3.05, 3.63) is 0 Å². The van der Waals surface area contributed by atoms with Crippen molar-refractivity contribution in [1.29, 1.82) is 0 Å². The number of ether oxygens (including phenoxy) is 2. The molecule has 0 radical (unpaired) electrons. The third kappa shape index (κ3) is 1.72. The molecule has 5 heteroatoms. The molecular weight excluding hydrogens is 332 g/mol. The van der Waals surface area contributed by atoms with Gasteiger partial charge in [0, 0.05) is 5.92 Å². The van der Waals surface area contributed by atoms with Gasteiger partial charge in [0.25, 0.3) is 0 Å². The summed E-state index contributed by atoms with van der Waals surface area (Å²) in [4.78, 5) is 24.7. The minimum atomic E-state index is -0.388. The summed E-state index contributed by atoms with van der Waals surface area (Å²) in [5.74, 6) is 1.11. The fourth-order valence-corrected chi connectivity index (χ4v) is 7.85. The van der Waals surface area contributed by atoms with Crippen LogP contribution in [0.15, 0.2) is 0 Å². The van der Waals surface area contributed by atoms with Crippen LogP contribution in [-0.4, -0.2) is 36.5 Å². The minimum absolute atomic E-state index is 0.0151. The fraction of sp³-hybridized carbons (Fsp3) is 0.952. The number of rotatable bonds is 2. The van der Waals surface area contributed by atoms with Crippen molar-refractivity contribution in [1.82, 2.24) is 0 Å². The molecule has 5 nitrogen and oxygen atoms in total. The lowest BCUT2D eigenvalue weighted by Gasteiger charge is -2.65. The van der Waals surface area contributed by atoms with Crippen LogP contribution in [-0.2, 0) is 24.0 Å². The largest absolute Gasteiger partial charge is 0.469 e. The molecule has 0 N–H and O–H groups in total. The van der Waals surface area contributed by atoms with E-state index in [0.29, 0.717) is 17.8 Å². The van der Waals surface area contributed by atoms with Gasteiger partial charge in [0.2, 0.25) is 0 Å². The van der Waals surface area contributed by atoms with E-state index in [9.17, 15) is 4.79 Å². The maximum atomic E-state index is 12.7. The summed E-state index contributed by atoms with van der Waals surface area (Å²) in [5.41, 5.74) is -0.812. The Balaban J connectivity index is 1.54. The summed E-state index contributed by atoms with van der Waals surface area (Å²) in [6.45, 7) is 8.99. The second-order valence-electron chi connectivity index (χ2n) is 10.3. The molecule has 3 aliphatic carbocycles. The summed E-state index contributed by atoms with van der Waals surface area (Å²) >= 11 is 0. The predicted molar refractivity (Wildman–Crippen MR) is 94.0 cm³/mol. The van der Waals surface area contributed by atoms with Crippen LogP contribution >= 0.6 is 0 Å². The van der Waals surface area contributed by atoms with Crippen LogP contribution in [0, 0.1) is 28.6 Å². The molecule has 3 heterocycles. The van der Waals surface area contributed by atoms with E-state index in [1.807, 2.05) is 0 Å². The summed E-state index contributed by atoms with van der Waals surface area (Å²) < 4.78 is 11.6. The number of hydrogen-bond acceptors (Lipinski definition) is 5. The summed E-state index contributed by atoms with van der Waals surface area (Å²) in [6, 6.07) is 0. The molecule has 26 heavy (non-hydrogen) atoms. The maximum absolute atomic E-state index is 12.7. The van der Waals surface area contributed by atoms with E-state index in [1.54, 1.807) is 0 Å². The van der Waals surface area contributed by atoms with Gasteiger partial charge in [-0.2, -0.15) is 0 Å². The van der Waals surface area contributed by atoms with E-state index < -0.39 is 0 Å². The zero-order chi connectivity index (χ0) is 18.5. The smallest absolute Gasteiger partial charge is 0.311 e. The molecule has 2 bridgehead atoms. The Morgan fingerprint density at radius 1 is 1.15 bits per heavy atom. The molecular formula is C21H32O5. The third-order valence-electron chi connectivity index (χ3n) is 9.13. The van der Waals surface area contributed by atoms with Crippen LogP contribution in [0.5, 0.6) is 0 Å². The zero-order valence-corrected chi connectivity index (χ0v) is 16.7. The normalized spacial score (nSPS) is 57.2. The fourth-order valence-electron chi connectivity index (χ4n) is 7.85. The molecule has 3 saturated heterocycles. The van der Waals surface area contributed by atoms with Crippen LogP contribution in [0.4, 0.5) is 0 Å². The van der Waals surface area contributed by atoms with Gasteiger partial charge in [-0.25, -0.2) is 9.78 Å². The first-order chi connectivity index (χ1) is 12.3. The lowest BCUT2D eigenvalue weighted by Crippen LogP contribution is -2.71. The van der Waals surface area contributed by atoms with Crippen molar-refractivity contribution < 1.29 is 24.0 Å². The zero-order valence-electron chi connectivity index (χ0n) is 16.7. The Labute approximate surface area is 156 Å². The van der Waals surface area contributed by atoms with Crippen molar-refractivity contribution in [2.45, 2.75) is 89.6 Å². The van der Waals surface area contributed by atoms with E-state index in [2.05, 4.69) is 27.7 Å². The van der Waals surface area contributed by atoms with Crippen LogP contribution in [0.25, 0.3) is 0 Å². The van der Waals surface area contributed by atoms with Crippen molar-refractivity contribution >= 4 is 5.97 Å². The summed E-state index contributed by atoms with van der Waals surface area (Å²) in [7, 11) is 1.53. The number of esters is 1. The molecule has 6 rings (SSSR count). The van der Waals surface area contributed by atoms with Gasteiger partial charge in [0.1, 0.15) is 23.4 Å². The van der Waals surface area contributed by atoms with E-state index in [1.165, 1.54) is 7.11 Å². The molecule has 1 unspecified atom stereocenters. The van der Waals surface area contributed by atoms with Crippen LogP contribution in [0.1, 0.15) is 66.2 Å². The van der Waals surface area contributed by atoms with Crippen LogP contribution in [0.3, 0.4) is 0 Å². The van der Waals surface area contributed by atoms with Crippen molar-refractivity contribution in [3.8, 4) is 0 Å². The van der Waals surface area contributed by atoms with Crippen molar-refractivity contribution in [3.63, 3.8) is 0 Å². The molecule has 8 atom stereocenters. The molecule has 146 valence electrons. The lowest BCUT2D eigenvalue weighted by atomic mass is 9.42. The first-order valence-corrected chi connectivity index (χ1v) is 10.4. The minimum Gasteiger partial charge on any atom is -0.469 e. The van der Waals surface area contributed by atoms with Gasteiger partial charge in [0.15, 0.2) is 0 Å². The van der Waals surface area contributed by atoms with Gasteiger partial charge in [-0.3, -0.25) is 4.79 Å². The standard InChI is InChI=1S/C21H32O5/c1-12(2)21-15-11-14-18(3)8-6-9-19(4,17(22)23-5)13(18)7-10-20(14,26-25-15)16(21)24-21/h12-16H,6-11H2,1-5H3/t13-,14-,15?,16-,18+,19-,20-,21+/m1/s1. The van der Waals surface area contributed by atoms with Crippen molar-refractivity contribution in [2.75, 3.05) is 7.11 Å². The maximum Gasteiger partial charge on any atom is 0.311 e. The summed E-state index contributed by atoms with van der Waals surface area (Å²) in [5, 5.41) is 0. The SMILES string of the molecule is COC(=O)[C@]1(C)CCC[C@]2(C)[C@H]3CC4OO[C@@]3(CC[C@H]21)[C@H]1O[C@@]41C(C)C. The monoisotopic (exact) mass is 364 g/mol. The van der Waals surface area contributed by atoms with Gasteiger partial charge in [-0.15, -0.1) is 0 Å². The second-order valence-corrected chi connectivity index (χ2v) is 10.3. The highest BCUT2D eigenvalue weighted by Gasteiger charge is 2.83. The molecule has 0 aromatic carbocycles. The average molecular weight is 364 g/mol. The number of methoxy groups -OCH3 is 1. The predicted octanol–water partition coefficient (Wildman–Crippen LogP) is 3.65. The molecule has 6 aliphatic rings. The average Bonchev–Trinajstić information content (AvgIpc) is 3.40. The Hall–Kier alpha value is -0.650. The number of fused-ring (bicyclic) bond motifs is 2. The van der Waals surface area contributed by atoms with Crippen LogP contribution in [0.2, 0.25) is 0 Å². The van der Waals surface area contributed by atoms with Gasteiger partial charge in [-0.1, -0.05) is 27.2 Å². The molecule has 0 amide bonds. The van der Waals surface area contributed by atoms with Gasteiger partial charge < -0.3 is 9.47 Å². The Morgan fingerprint density at radius 2 is 1.92 bits per heavy atom. The molecule has 0 aromatic rings. The lowest BCUT2D eigenvalue weighted by molar-refractivity contribution is -0.466. The van der Waals surface area contributed by atoms with Gasteiger partial charge in [0.05, 0.1) is 12.5 Å². The molecule has 3 aliphatic heterocycles. The highest BCUT2D eigenvalue weighted by molar-refractivity contribution is 5.77. The third-order valence-corrected chi connectivity index (χ3v) is 9.13. The highest BCUT2D eigenvalue weighted by Crippen LogP contribution is 2.73. The first-order valence-electron chi connectivity index (χ1n) is 10.4. The Morgan fingerprint density at radius 3 is 2.62 bits per heavy atom. The summed E-state index contributed by atoms with van der Waals surface area (Å²) in [6.07, 6.45) is 6.18. The Bertz CT molecular complexity index is 648. The highest BCUT2D eigenvalue weighted by atomic mass is 17.2. The van der Waals surface area contributed by atoms with Crippen molar-refractivity contribution in [2.24, 2.45) is 28.6 Å². The van der Waals surface area contributed by atoms with Gasteiger partial charge in [-0.05, 0) is 56.3 Å².